The van der Waals surface area contributed by atoms with E-state index in [1.165, 1.54) is 0 Å². The smallest absolute Gasteiger partial charge is 0.138 e. The molecule has 0 aliphatic heterocycles. The lowest BCUT2D eigenvalue weighted by Crippen LogP contribution is -2.15. The summed E-state index contributed by atoms with van der Waals surface area (Å²) < 4.78 is 0. The highest BCUT2D eigenvalue weighted by atomic mass is 16.1. The Morgan fingerprint density at radius 3 is 2.00 bits per heavy atom. The fourth-order valence-corrected chi connectivity index (χ4v) is 2.31. The van der Waals surface area contributed by atoms with Gasteiger partial charge in [-0.2, -0.15) is 0 Å². The van der Waals surface area contributed by atoms with Crippen molar-refractivity contribution < 1.29 is 9.59 Å². The van der Waals surface area contributed by atoms with Crippen molar-refractivity contribution in [3.8, 4) is 0 Å². The molecule has 0 aliphatic rings. The summed E-state index contributed by atoms with van der Waals surface area (Å²) >= 11 is 0. The molecule has 0 spiro atoms. The van der Waals surface area contributed by atoms with Crippen LogP contribution in [0.15, 0.2) is 60.7 Å². The number of benzene rings is 2. The van der Waals surface area contributed by atoms with Gasteiger partial charge in [-0.25, -0.2) is 0 Å². The van der Waals surface area contributed by atoms with Gasteiger partial charge in [0, 0.05) is 18.8 Å². The monoisotopic (exact) mass is 266 g/mol. The van der Waals surface area contributed by atoms with Crippen molar-refractivity contribution in [1.29, 1.82) is 0 Å². The lowest BCUT2D eigenvalue weighted by molar-refractivity contribution is -0.124. The van der Waals surface area contributed by atoms with Crippen molar-refractivity contribution in [2.24, 2.45) is 0 Å². The van der Waals surface area contributed by atoms with Crippen LogP contribution in [0.3, 0.4) is 0 Å². The molecule has 0 bridgehead atoms. The normalized spacial score (nSPS) is 11.8. The maximum Gasteiger partial charge on any atom is 0.138 e. The topological polar surface area (TPSA) is 34.1 Å². The summed E-state index contributed by atoms with van der Waals surface area (Å²) in [6.45, 7) is 1.55. The van der Waals surface area contributed by atoms with Gasteiger partial charge >= 0.3 is 0 Å². The first-order chi connectivity index (χ1) is 9.66. The van der Waals surface area contributed by atoms with Crippen LogP contribution in [0, 0.1) is 0 Å². The van der Waals surface area contributed by atoms with Crippen LogP contribution in [-0.4, -0.2) is 11.6 Å². The zero-order chi connectivity index (χ0) is 14.4. The molecular formula is C18H18O2. The third kappa shape index (κ3) is 3.89. The molecule has 2 rings (SSSR count). The predicted octanol–water partition coefficient (Wildman–Crippen LogP) is 3.56. The van der Waals surface area contributed by atoms with Gasteiger partial charge in [0.1, 0.15) is 11.6 Å². The number of Topliss-reactive ketones (excluding diaryl/α,β-unsaturated/α-hetero) is 2. The van der Waals surface area contributed by atoms with E-state index in [4.69, 9.17) is 0 Å². The van der Waals surface area contributed by atoms with E-state index >= 15 is 0 Å². The number of carbonyl (C=O) groups excluding carboxylic acids is 2. The molecule has 2 aromatic carbocycles. The van der Waals surface area contributed by atoms with Crippen LogP contribution in [0.25, 0.3) is 0 Å². The Balaban J connectivity index is 2.06. The Hall–Kier alpha value is -2.22. The first kappa shape index (κ1) is 14.2. The van der Waals surface area contributed by atoms with Gasteiger partial charge in [-0.3, -0.25) is 9.59 Å². The molecule has 0 fully saturated rings. The quantitative estimate of drug-likeness (QED) is 0.801. The summed E-state index contributed by atoms with van der Waals surface area (Å²) in [5.74, 6) is -0.190. The van der Waals surface area contributed by atoms with Crippen LogP contribution in [0.5, 0.6) is 0 Å². The SMILES string of the molecule is CC(=O)C(CC(=O)Cc1ccccc1)c1ccccc1. The summed E-state index contributed by atoms with van der Waals surface area (Å²) in [4.78, 5) is 23.9. The van der Waals surface area contributed by atoms with Gasteiger partial charge in [0.15, 0.2) is 0 Å². The average molecular weight is 266 g/mol. The molecule has 2 aromatic rings. The molecule has 0 radical (unpaired) electrons. The lowest BCUT2D eigenvalue weighted by atomic mass is 9.89. The fraction of sp³-hybridized carbons (Fsp3) is 0.222. The maximum atomic E-state index is 12.1. The number of hydrogen-bond acceptors (Lipinski definition) is 2. The molecule has 0 heterocycles. The lowest BCUT2D eigenvalue weighted by Gasteiger charge is -2.13. The van der Waals surface area contributed by atoms with Crippen molar-refractivity contribution in [2.45, 2.75) is 25.7 Å². The molecule has 2 nitrogen and oxygen atoms in total. The zero-order valence-electron chi connectivity index (χ0n) is 11.6. The second-order valence-electron chi connectivity index (χ2n) is 4.98. The molecule has 20 heavy (non-hydrogen) atoms. The fourth-order valence-electron chi connectivity index (χ4n) is 2.31. The molecule has 2 heteroatoms. The Morgan fingerprint density at radius 2 is 1.45 bits per heavy atom. The first-order valence-electron chi connectivity index (χ1n) is 6.78. The van der Waals surface area contributed by atoms with Crippen LogP contribution >= 0.6 is 0 Å². The molecule has 0 N–H and O–H groups in total. The number of ketones is 2. The van der Waals surface area contributed by atoms with Crippen LogP contribution in [0.2, 0.25) is 0 Å². The van der Waals surface area contributed by atoms with E-state index in [9.17, 15) is 9.59 Å². The van der Waals surface area contributed by atoms with Crippen molar-refractivity contribution in [2.75, 3.05) is 0 Å². The summed E-state index contributed by atoms with van der Waals surface area (Å²) in [5.41, 5.74) is 1.91. The first-order valence-corrected chi connectivity index (χ1v) is 6.78. The molecule has 0 saturated carbocycles. The van der Waals surface area contributed by atoms with Crippen LogP contribution in [0.4, 0.5) is 0 Å². The molecule has 1 unspecified atom stereocenters. The third-order valence-corrected chi connectivity index (χ3v) is 3.37. The van der Waals surface area contributed by atoms with Crippen molar-refractivity contribution in [3.63, 3.8) is 0 Å². The van der Waals surface area contributed by atoms with E-state index in [0.717, 1.165) is 11.1 Å². The Kier molecular flexibility index (Phi) is 4.83. The molecule has 0 amide bonds. The Morgan fingerprint density at radius 1 is 0.900 bits per heavy atom. The minimum Gasteiger partial charge on any atom is -0.299 e. The third-order valence-electron chi connectivity index (χ3n) is 3.37. The van der Waals surface area contributed by atoms with Crippen LogP contribution in [0.1, 0.15) is 30.4 Å². The molecule has 0 saturated heterocycles. The van der Waals surface area contributed by atoms with E-state index < -0.39 is 0 Å². The summed E-state index contributed by atoms with van der Waals surface area (Å²) in [5, 5.41) is 0. The van der Waals surface area contributed by atoms with Gasteiger partial charge in [0.05, 0.1) is 0 Å². The number of carbonyl (C=O) groups is 2. The molecular weight excluding hydrogens is 248 g/mol. The molecule has 102 valence electrons. The van der Waals surface area contributed by atoms with Gasteiger partial charge in [-0.05, 0) is 18.1 Å². The van der Waals surface area contributed by atoms with Gasteiger partial charge in [0.2, 0.25) is 0 Å². The molecule has 1 atom stereocenters. The zero-order valence-corrected chi connectivity index (χ0v) is 11.6. The van der Waals surface area contributed by atoms with Crippen molar-refractivity contribution in [1.82, 2.24) is 0 Å². The largest absolute Gasteiger partial charge is 0.299 e. The average Bonchev–Trinajstić information content (AvgIpc) is 2.46. The van der Waals surface area contributed by atoms with E-state index in [1.54, 1.807) is 6.92 Å². The van der Waals surface area contributed by atoms with E-state index in [0.29, 0.717) is 6.42 Å². The van der Waals surface area contributed by atoms with Gasteiger partial charge < -0.3 is 0 Å². The van der Waals surface area contributed by atoms with Gasteiger partial charge in [-0.15, -0.1) is 0 Å². The summed E-state index contributed by atoms with van der Waals surface area (Å²) in [6, 6.07) is 19.1. The van der Waals surface area contributed by atoms with E-state index in [-0.39, 0.29) is 23.9 Å². The standard InChI is InChI=1S/C18H18O2/c1-14(19)18(16-10-6-3-7-11-16)13-17(20)12-15-8-4-2-5-9-15/h2-11,18H,12-13H2,1H3. The second-order valence-corrected chi connectivity index (χ2v) is 4.98. The molecule has 0 aromatic heterocycles. The van der Waals surface area contributed by atoms with Crippen LogP contribution < -0.4 is 0 Å². The predicted molar refractivity (Wildman–Crippen MR) is 79.6 cm³/mol. The number of hydrogen-bond donors (Lipinski definition) is 0. The highest BCUT2D eigenvalue weighted by Crippen LogP contribution is 2.21. The maximum absolute atomic E-state index is 12.1. The Bertz CT molecular complexity index is 573. The minimum absolute atomic E-state index is 0.0395. The van der Waals surface area contributed by atoms with E-state index in [2.05, 4.69) is 0 Å². The highest BCUT2D eigenvalue weighted by Gasteiger charge is 2.20. The second kappa shape index (κ2) is 6.80. The summed E-state index contributed by atoms with van der Waals surface area (Å²) in [6.07, 6.45) is 0.658. The highest BCUT2D eigenvalue weighted by molar-refractivity contribution is 5.91. The number of rotatable bonds is 6. The Labute approximate surface area is 119 Å². The van der Waals surface area contributed by atoms with Gasteiger partial charge in [-0.1, -0.05) is 60.7 Å². The van der Waals surface area contributed by atoms with Crippen molar-refractivity contribution in [3.05, 3.63) is 71.8 Å². The minimum atomic E-state index is -0.326. The summed E-state index contributed by atoms with van der Waals surface area (Å²) in [7, 11) is 0. The van der Waals surface area contributed by atoms with Crippen LogP contribution in [-0.2, 0) is 16.0 Å². The van der Waals surface area contributed by atoms with Crippen molar-refractivity contribution >= 4 is 11.6 Å². The van der Waals surface area contributed by atoms with Gasteiger partial charge in [0.25, 0.3) is 0 Å². The molecule has 0 aliphatic carbocycles. The van der Waals surface area contributed by atoms with E-state index in [1.807, 2.05) is 60.7 Å².